The quantitative estimate of drug-likeness (QED) is 0.161. The lowest BCUT2D eigenvalue weighted by atomic mass is 10.0. The summed E-state index contributed by atoms with van der Waals surface area (Å²) in [6.45, 7) is 1.91. The molecule has 42 heavy (non-hydrogen) atoms. The molecule has 8 nitrogen and oxygen atoms in total. The van der Waals surface area contributed by atoms with E-state index in [1.807, 2.05) is 43.3 Å². The van der Waals surface area contributed by atoms with E-state index in [9.17, 15) is 18.3 Å². The highest BCUT2D eigenvalue weighted by Crippen LogP contribution is 2.34. The van der Waals surface area contributed by atoms with E-state index in [1.165, 1.54) is 18.2 Å². The fraction of sp³-hybridized carbons (Fsp3) is 0.194. The van der Waals surface area contributed by atoms with Gasteiger partial charge >= 0.3 is 5.97 Å². The van der Waals surface area contributed by atoms with Crippen molar-refractivity contribution in [1.29, 1.82) is 0 Å². The summed E-state index contributed by atoms with van der Waals surface area (Å²) in [6, 6.07) is 22.9. The summed E-state index contributed by atoms with van der Waals surface area (Å²) >= 11 is 12.2. The first kappa shape index (κ1) is 29.6. The summed E-state index contributed by atoms with van der Waals surface area (Å²) in [4.78, 5) is 16.8. The van der Waals surface area contributed by atoms with E-state index in [-0.39, 0.29) is 27.0 Å². The molecule has 216 valence electrons. The summed E-state index contributed by atoms with van der Waals surface area (Å²) in [6.07, 6.45) is 1.88. The molecule has 1 unspecified atom stereocenters. The maximum absolute atomic E-state index is 14.0. The van der Waals surface area contributed by atoms with Crippen LogP contribution in [0.5, 0.6) is 0 Å². The largest absolute Gasteiger partial charge is 0.480 e. The zero-order valence-electron chi connectivity index (χ0n) is 22.6. The van der Waals surface area contributed by atoms with Gasteiger partial charge in [0.2, 0.25) is 0 Å². The van der Waals surface area contributed by atoms with Gasteiger partial charge in [0.15, 0.2) is 5.82 Å². The molecule has 4 aromatic carbocycles. The first-order valence-corrected chi connectivity index (χ1v) is 15.5. The zero-order chi connectivity index (χ0) is 29.9. The molecule has 1 atom stereocenters. The number of aromatic nitrogens is 2. The van der Waals surface area contributed by atoms with Gasteiger partial charge in [-0.3, -0.25) is 4.31 Å². The van der Waals surface area contributed by atoms with Crippen LogP contribution in [0.15, 0.2) is 94.3 Å². The average Bonchev–Trinajstić information content (AvgIpc) is 3.43. The van der Waals surface area contributed by atoms with E-state index < -0.39 is 22.0 Å². The number of fused-ring (bicyclic) bond motifs is 1. The minimum Gasteiger partial charge on any atom is -0.480 e. The summed E-state index contributed by atoms with van der Waals surface area (Å²) in [5.41, 5.74) is 1.97. The van der Waals surface area contributed by atoms with Gasteiger partial charge in [-0.05, 0) is 65.2 Å². The van der Waals surface area contributed by atoms with Crippen molar-refractivity contribution in [1.82, 2.24) is 10.1 Å². The predicted molar refractivity (Wildman–Crippen MR) is 164 cm³/mol. The lowest BCUT2D eigenvalue weighted by molar-refractivity contribution is -0.138. The normalized spacial score (nSPS) is 12.4. The van der Waals surface area contributed by atoms with Crippen molar-refractivity contribution in [2.75, 3.05) is 4.31 Å². The Bertz CT molecular complexity index is 1820. The molecule has 0 radical (unpaired) electrons. The third kappa shape index (κ3) is 6.43. The van der Waals surface area contributed by atoms with Crippen molar-refractivity contribution in [3.8, 4) is 11.5 Å². The smallest absolute Gasteiger partial charge is 0.327 e. The number of anilines is 1. The molecule has 0 saturated heterocycles. The molecular weight excluding hydrogens is 597 g/mol. The average molecular weight is 625 g/mol. The molecule has 0 amide bonds. The van der Waals surface area contributed by atoms with Gasteiger partial charge in [-0.25, -0.2) is 13.2 Å². The van der Waals surface area contributed by atoms with E-state index in [2.05, 4.69) is 10.1 Å². The number of halogens is 2. The van der Waals surface area contributed by atoms with Crippen molar-refractivity contribution in [3.05, 3.63) is 106 Å². The molecule has 1 aromatic heterocycles. The minimum absolute atomic E-state index is 0.124. The maximum Gasteiger partial charge on any atom is 0.327 e. The van der Waals surface area contributed by atoms with Gasteiger partial charge in [-0.2, -0.15) is 4.98 Å². The van der Waals surface area contributed by atoms with Crippen molar-refractivity contribution >= 4 is 55.7 Å². The number of rotatable bonds is 11. The highest BCUT2D eigenvalue weighted by atomic mass is 35.5. The monoisotopic (exact) mass is 623 g/mol. The van der Waals surface area contributed by atoms with Crippen LogP contribution in [-0.4, -0.2) is 35.7 Å². The lowest BCUT2D eigenvalue weighted by Crippen LogP contribution is -2.45. The van der Waals surface area contributed by atoms with Crippen LogP contribution in [0.4, 0.5) is 5.69 Å². The van der Waals surface area contributed by atoms with Crippen molar-refractivity contribution < 1.29 is 22.8 Å². The van der Waals surface area contributed by atoms with E-state index in [1.54, 1.807) is 30.3 Å². The van der Waals surface area contributed by atoms with Crippen LogP contribution in [-0.2, 0) is 21.2 Å². The van der Waals surface area contributed by atoms with Gasteiger partial charge in [0.25, 0.3) is 15.9 Å². The fourth-order valence-corrected chi connectivity index (χ4v) is 7.10. The SMILES string of the molecule is CCCCC(C(=O)O)N(c1ccc2cc(-c3nc(Cc4ccccc4)no3)ccc2c1)S(=O)(=O)c1cc(Cl)cc(Cl)c1. The predicted octanol–water partition coefficient (Wildman–Crippen LogP) is 7.63. The molecule has 0 aliphatic rings. The Kier molecular flexibility index (Phi) is 8.82. The number of hydrogen-bond acceptors (Lipinski definition) is 6. The van der Waals surface area contributed by atoms with Crippen molar-refractivity contribution in [3.63, 3.8) is 0 Å². The van der Waals surface area contributed by atoms with Gasteiger partial charge in [-0.15, -0.1) is 0 Å². The summed E-state index contributed by atoms with van der Waals surface area (Å²) in [7, 11) is -4.37. The fourth-order valence-electron chi connectivity index (χ4n) is 4.74. The Balaban J connectivity index is 1.53. The van der Waals surface area contributed by atoms with Crippen LogP contribution >= 0.6 is 23.2 Å². The number of sulfonamides is 1. The molecule has 0 fully saturated rings. The first-order chi connectivity index (χ1) is 20.2. The Labute approximate surface area is 253 Å². The Hall–Kier alpha value is -3.92. The van der Waals surface area contributed by atoms with E-state index in [0.717, 1.165) is 15.3 Å². The minimum atomic E-state index is -4.37. The maximum atomic E-state index is 14.0. The van der Waals surface area contributed by atoms with E-state index >= 15 is 0 Å². The first-order valence-electron chi connectivity index (χ1n) is 13.3. The molecule has 0 saturated carbocycles. The number of hydrogen-bond donors (Lipinski definition) is 1. The van der Waals surface area contributed by atoms with Crippen LogP contribution in [0.2, 0.25) is 10.0 Å². The molecular formula is C31H27Cl2N3O5S. The van der Waals surface area contributed by atoms with Crippen LogP contribution in [0.1, 0.15) is 37.6 Å². The second-order valence-corrected chi connectivity index (χ2v) is 12.5. The highest BCUT2D eigenvalue weighted by Gasteiger charge is 2.36. The van der Waals surface area contributed by atoms with Crippen LogP contribution in [0, 0.1) is 0 Å². The van der Waals surface area contributed by atoms with Gasteiger partial charge in [0.1, 0.15) is 6.04 Å². The molecule has 0 aliphatic carbocycles. The number of benzene rings is 4. The summed E-state index contributed by atoms with van der Waals surface area (Å²) < 4.78 is 34.4. The zero-order valence-corrected chi connectivity index (χ0v) is 24.9. The molecule has 0 bridgehead atoms. The Morgan fingerprint density at radius 1 is 0.952 bits per heavy atom. The number of carboxylic acid groups (broad SMARTS) is 1. The number of carbonyl (C=O) groups is 1. The van der Waals surface area contributed by atoms with Crippen molar-refractivity contribution in [2.24, 2.45) is 0 Å². The lowest BCUT2D eigenvalue weighted by Gasteiger charge is -2.30. The summed E-state index contributed by atoms with van der Waals surface area (Å²) in [5, 5.41) is 16.0. The van der Waals surface area contributed by atoms with E-state index in [4.69, 9.17) is 27.7 Å². The van der Waals surface area contributed by atoms with Gasteiger partial charge in [0.05, 0.1) is 10.6 Å². The topological polar surface area (TPSA) is 114 Å². The van der Waals surface area contributed by atoms with Gasteiger partial charge < -0.3 is 9.63 Å². The second kappa shape index (κ2) is 12.5. The Morgan fingerprint density at radius 2 is 1.64 bits per heavy atom. The van der Waals surface area contributed by atoms with Crippen LogP contribution in [0.3, 0.4) is 0 Å². The third-order valence-corrected chi connectivity index (χ3v) is 9.04. The highest BCUT2D eigenvalue weighted by molar-refractivity contribution is 7.93. The molecule has 11 heteroatoms. The third-order valence-electron chi connectivity index (χ3n) is 6.79. The number of nitrogens with zero attached hydrogens (tertiary/aromatic N) is 3. The van der Waals surface area contributed by atoms with E-state index in [0.29, 0.717) is 41.9 Å². The number of aliphatic carboxylic acids is 1. The molecule has 0 spiro atoms. The van der Waals surface area contributed by atoms with Gasteiger partial charge in [0, 0.05) is 22.0 Å². The molecule has 5 rings (SSSR count). The van der Waals surface area contributed by atoms with Crippen LogP contribution < -0.4 is 4.31 Å². The molecule has 5 aromatic rings. The standard InChI is InChI=1S/C31H27Cl2N3O5S/c1-2-3-9-28(31(37)38)36(42(39,40)27-18-24(32)17-25(33)19-27)26-13-12-21-15-23(11-10-22(21)16-26)30-34-29(35-41-30)14-20-7-5-4-6-8-20/h4-8,10-13,15-19,28H,2-3,9,14H2,1H3,(H,37,38). The molecule has 1 N–H and O–H groups in total. The van der Waals surface area contributed by atoms with Crippen molar-refractivity contribution in [2.45, 2.75) is 43.5 Å². The second-order valence-electron chi connectivity index (χ2n) is 9.83. The Morgan fingerprint density at radius 3 is 2.33 bits per heavy atom. The number of carboxylic acids is 1. The molecule has 0 aliphatic heterocycles. The number of unbranched alkanes of at least 4 members (excludes halogenated alkanes) is 1. The molecule has 1 heterocycles. The van der Waals surface area contributed by atoms with Gasteiger partial charge in [-0.1, -0.05) is 90.6 Å². The summed E-state index contributed by atoms with van der Waals surface area (Å²) in [5.74, 6) is -0.335. The van der Waals surface area contributed by atoms with Crippen LogP contribution in [0.25, 0.3) is 22.2 Å².